The fourth-order valence-electron chi connectivity index (χ4n) is 3.80. The van der Waals surface area contributed by atoms with E-state index in [-0.39, 0.29) is 12.2 Å². The van der Waals surface area contributed by atoms with Crippen LogP contribution in [-0.4, -0.2) is 53.3 Å². The molecule has 3 amide bonds. The van der Waals surface area contributed by atoms with Gasteiger partial charge in [-0.05, 0) is 77.8 Å². The lowest BCUT2D eigenvalue weighted by molar-refractivity contribution is -0.137. The lowest BCUT2D eigenvalue weighted by Gasteiger charge is -2.30. The van der Waals surface area contributed by atoms with E-state index in [0.29, 0.717) is 12.6 Å². The molecule has 41 heavy (non-hydrogen) atoms. The van der Waals surface area contributed by atoms with Crippen molar-refractivity contribution in [1.82, 2.24) is 16.0 Å². The molecule has 0 aliphatic heterocycles. The molecular formula is C29H39F3N4O5. The van der Waals surface area contributed by atoms with Gasteiger partial charge in [-0.15, -0.1) is 0 Å². The van der Waals surface area contributed by atoms with Gasteiger partial charge in [-0.3, -0.25) is 14.9 Å². The molecule has 2 aromatic rings. The fourth-order valence-corrected chi connectivity index (χ4v) is 3.80. The van der Waals surface area contributed by atoms with Crippen molar-refractivity contribution in [2.24, 2.45) is 0 Å². The molecule has 0 aromatic heterocycles. The molecule has 1 atom stereocenters. The number of ether oxygens (including phenoxy) is 1. The average molecular weight is 581 g/mol. The Bertz CT molecular complexity index is 1250. The summed E-state index contributed by atoms with van der Waals surface area (Å²) in [6.07, 6.45) is -5.72. The van der Waals surface area contributed by atoms with Crippen molar-refractivity contribution in [3.8, 4) is 0 Å². The third-order valence-electron chi connectivity index (χ3n) is 5.99. The molecule has 12 heteroatoms. The minimum Gasteiger partial charge on any atom is -0.444 e. The molecular weight excluding hydrogens is 541 g/mol. The molecule has 5 N–H and O–H groups in total. The zero-order valence-electron chi connectivity index (χ0n) is 24.4. The third-order valence-corrected chi connectivity index (χ3v) is 5.99. The van der Waals surface area contributed by atoms with Gasteiger partial charge < -0.3 is 25.8 Å². The minimum atomic E-state index is -4.75. The van der Waals surface area contributed by atoms with E-state index in [1.165, 1.54) is 13.8 Å². The predicted octanol–water partition coefficient (Wildman–Crippen LogP) is 4.44. The smallest absolute Gasteiger partial charge is 0.416 e. The molecule has 9 nitrogen and oxygen atoms in total. The lowest BCUT2D eigenvalue weighted by atomic mass is 9.98. The zero-order valence-corrected chi connectivity index (χ0v) is 24.4. The molecule has 226 valence electrons. The Balaban J connectivity index is 2.09. The molecule has 0 radical (unpaired) electrons. The quantitative estimate of drug-likeness (QED) is 0.283. The predicted molar refractivity (Wildman–Crippen MR) is 149 cm³/mol. The largest absolute Gasteiger partial charge is 0.444 e. The highest BCUT2D eigenvalue weighted by atomic mass is 19.4. The van der Waals surface area contributed by atoms with Crippen LogP contribution in [0.3, 0.4) is 0 Å². The number of benzene rings is 2. The van der Waals surface area contributed by atoms with E-state index in [1.54, 1.807) is 20.8 Å². The number of halogens is 3. The number of aryl methyl sites for hydroxylation is 2. The van der Waals surface area contributed by atoms with Crippen LogP contribution in [0.1, 0.15) is 67.2 Å². The number of amides is 3. The number of carbonyl (C=O) groups is 3. The van der Waals surface area contributed by atoms with Gasteiger partial charge in [0.2, 0.25) is 5.91 Å². The van der Waals surface area contributed by atoms with E-state index >= 15 is 0 Å². The van der Waals surface area contributed by atoms with Crippen molar-refractivity contribution in [1.29, 1.82) is 0 Å². The van der Waals surface area contributed by atoms with Gasteiger partial charge in [0.15, 0.2) is 0 Å². The Morgan fingerprint density at radius 2 is 1.63 bits per heavy atom. The molecule has 0 fully saturated rings. The van der Waals surface area contributed by atoms with Crippen LogP contribution in [0.5, 0.6) is 0 Å². The Morgan fingerprint density at radius 1 is 0.976 bits per heavy atom. The van der Waals surface area contributed by atoms with Gasteiger partial charge in [0.05, 0.1) is 35.0 Å². The Labute approximate surface area is 238 Å². The normalized spacial score (nSPS) is 12.9. The van der Waals surface area contributed by atoms with Gasteiger partial charge in [-0.2, -0.15) is 13.2 Å². The molecule has 1 unspecified atom stereocenters. The van der Waals surface area contributed by atoms with Crippen LogP contribution < -0.4 is 21.3 Å². The summed E-state index contributed by atoms with van der Waals surface area (Å²) in [6.45, 7) is 11.9. The van der Waals surface area contributed by atoms with E-state index in [4.69, 9.17) is 4.74 Å². The molecule has 0 saturated carbocycles. The first kappa shape index (κ1) is 33.6. The topological polar surface area (TPSA) is 129 Å². The SMILES string of the molecule is Cc1ccc(CNCC(NC(=O)CNC(=O)c2cc(C(F)(F)F)ccc2NC(=O)OC(C)(C)C)C(C)(C)O)c(C)c1. The molecule has 2 aromatic carbocycles. The number of alkyl halides is 3. The Morgan fingerprint density at radius 3 is 2.20 bits per heavy atom. The second kappa shape index (κ2) is 13.3. The van der Waals surface area contributed by atoms with Gasteiger partial charge in [-0.1, -0.05) is 23.8 Å². The average Bonchev–Trinajstić information content (AvgIpc) is 2.80. The number of nitrogens with one attached hydrogen (secondary N) is 4. The van der Waals surface area contributed by atoms with Gasteiger partial charge >= 0.3 is 12.3 Å². The van der Waals surface area contributed by atoms with Gasteiger partial charge in [0.1, 0.15) is 5.60 Å². The lowest BCUT2D eigenvalue weighted by Crippen LogP contribution is -2.55. The zero-order chi connectivity index (χ0) is 31.2. The van der Waals surface area contributed by atoms with Crippen molar-refractivity contribution in [3.63, 3.8) is 0 Å². The van der Waals surface area contributed by atoms with Crippen molar-refractivity contribution >= 4 is 23.6 Å². The maximum atomic E-state index is 13.3. The number of hydrogen-bond acceptors (Lipinski definition) is 6. The summed E-state index contributed by atoms with van der Waals surface area (Å²) in [6, 6.07) is 7.51. The van der Waals surface area contributed by atoms with Crippen LogP contribution in [0.15, 0.2) is 36.4 Å². The second-order valence-electron chi connectivity index (χ2n) is 11.4. The second-order valence-corrected chi connectivity index (χ2v) is 11.4. The minimum absolute atomic E-state index is 0.202. The maximum Gasteiger partial charge on any atom is 0.416 e. The van der Waals surface area contributed by atoms with Crippen LogP contribution in [0.2, 0.25) is 0 Å². The molecule has 2 rings (SSSR count). The number of rotatable bonds is 10. The molecule has 0 spiro atoms. The highest BCUT2D eigenvalue weighted by molar-refractivity contribution is 6.04. The maximum absolute atomic E-state index is 13.3. The summed E-state index contributed by atoms with van der Waals surface area (Å²) < 4.78 is 45.1. The number of aliphatic hydroxyl groups is 1. The first-order valence-corrected chi connectivity index (χ1v) is 13.0. The molecule has 0 saturated heterocycles. The van der Waals surface area contributed by atoms with Crippen LogP contribution >= 0.6 is 0 Å². The summed E-state index contributed by atoms with van der Waals surface area (Å²) in [5.41, 5.74) is -0.781. The fraction of sp³-hybridized carbons (Fsp3) is 0.483. The highest BCUT2D eigenvalue weighted by Crippen LogP contribution is 2.32. The number of anilines is 1. The van der Waals surface area contributed by atoms with Crippen LogP contribution in [0.4, 0.5) is 23.7 Å². The molecule has 0 heterocycles. The van der Waals surface area contributed by atoms with Crippen LogP contribution in [0.25, 0.3) is 0 Å². The third kappa shape index (κ3) is 11.0. The summed E-state index contributed by atoms with van der Waals surface area (Å²) in [5.74, 6) is -1.70. The highest BCUT2D eigenvalue weighted by Gasteiger charge is 2.33. The van der Waals surface area contributed by atoms with Gasteiger partial charge in [0, 0.05) is 13.1 Å². The van der Waals surface area contributed by atoms with Crippen molar-refractivity contribution in [3.05, 3.63) is 64.2 Å². The van der Waals surface area contributed by atoms with E-state index in [1.807, 2.05) is 32.0 Å². The number of carbonyl (C=O) groups excluding carboxylic acids is 3. The first-order valence-electron chi connectivity index (χ1n) is 13.0. The van der Waals surface area contributed by atoms with Crippen LogP contribution in [-0.2, 0) is 22.3 Å². The number of hydrogen-bond donors (Lipinski definition) is 5. The standard InChI is InChI=1S/C29H39F3N4O5/c1-17-8-9-19(18(2)12-17)14-33-15-23(28(6,7)40)36-24(37)16-34-25(38)21-13-20(29(30,31)32)10-11-22(21)35-26(39)41-27(3,4)5/h8-13,23,33,40H,14-16H2,1-7H3,(H,34,38)(H,35,39)(H,36,37). The van der Waals surface area contributed by atoms with Gasteiger partial charge in [0.25, 0.3) is 5.91 Å². The first-order chi connectivity index (χ1) is 18.8. The Hall–Kier alpha value is -3.64. The van der Waals surface area contributed by atoms with Crippen molar-refractivity contribution in [2.75, 3.05) is 18.4 Å². The van der Waals surface area contributed by atoms with E-state index < -0.39 is 59.0 Å². The summed E-state index contributed by atoms with van der Waals surface area (Å²) in [7, 11) is 0. The molecule has 0 aliphatic rings. The summed E-state index contributed by atoms with van der Waals surface area (Å²) in [4.78, 5) is 37.7. The van der Waals surface area contributed by atoms with Crippen molar-refractivity contribution < 1.29 is 37.4 Å². The van der Waals surface area contributed by atoms with E-state index in [9.17, 15) is 32.7 Å². The van der Waals surface area contributed by atoms with Crippen LogP contribution in [0, 0.1) is 13.8 Å². The van der Waals surface area contributed by atoms with Crippen molar-refractivity contribution in [2.45, 2.75) is 78.4 Å². The Kier molecular flexibility index (Phi) is 10.9. The van der Waals surface area contributed by atoms with E-state index in [2.05, 4.69) is 21.3 Å². The summed E-state index contributed by atoms with van der Waals surface area (Å²) >= 11 is 0. The molecule has 0 aliphatic carbocycles. The van der Waals surface area contributed by atoms with E-state index in [0.717, 1.165) is 28.8 Å². The monoisotopic (exact) mass is 580 g/mol. The summed E-state index contributed by atoms with van der Waals surface area (Å²) in [5, 5.41) is 21.0. The van der Waals surface area contributed by atoms with Gasteiger partial charge in [-0.25, -0.2) is 4.79 Å². The molecule has 0 bridgehead atoms.